The fourth-order valence-electron chi connectivity index (χ4n) is 1.47. The lowest BCUT2D eigenvalue weighted by Gasteiger charge is -2.01. The first-order valence-corrected chi connectivity index (χ1v) is 4.69. The standard InChI is InChI=1S/C10H6N2O6/c13-9-6-3-5(12(16)17)1-2-7(6)11-4-8(9)18-10(14)15/h1-4H,(H,11,13)(H,14,15). The van der Waals surface area contributed by atoms with Gasteiger partial charge in [-0.15, -0.1) is 0 Å². The van der Waals surface area contributed by atoms with Gasteiger partial charge in [0.2, 0.25) is 5.43 Å². The molecule has 1 heterocycles. The van der Waals surface area contributed by atoms with Crippen molar-refractivity contribution in [2.24, 2.45) is 0 Å². The van der Waals surface area contributed by atoms with E-state index in [1.54, 1.807) is 0 Å². The molecular weight excluding hydrogens is 244 g/mol. The normalized spacial score (nSPS) is 10.2. The van der Waals surface area contributed by atoms with Gasteiger partial charge in [-0.2, -0.15) is 0 Å². The fourth-order valence-corrected chi connectivity index (χ4v) is 1.47. The number of hydrogen-bond donors (Lipinski definition) is 2. The van der Waals surface area contributed by atoms with Crippen LogP contribution in [0.4, 0.5) is 10.5 Å². The van der Waals surface area contributed by atoms with Crippen molar-refractivity contribution in [1.82, 2.24) is 4.98 Å². The summed E-state index contributed by atoms with van der Waals surface area (Å²) in [6.07, 6.45) is -0.546. The van der Waals surface area contributed by atoms with Crippen LogP contribution in [0.3, 0.4) is 0 Å². The number of nitrogens with zero attached hydrogens (tertiary/aromatic N) is 1. The molecule has 0 amide bonds. The number of hydrogen-bond acceptors (Lipinski definition) is 5. The van der Waals surface area contributed by atoms with E-state index in [4.69, 9.17) is 5.11 Å². The SMILES string of the molecule is O=C(O)Oc1c[nH]c2ccc([N+](=O)[O-])cc2c1=O. The number of H-pyrrole nitrogens is 1. The number of pyridine rings is 1. The lowest BCUT2D eigenvalue weighted by molar-refractivity contribution is -0.384. The number of aromatic amines is 1. The van der Waals surface area contributed by atoms with Gasteiger partial charge < -0.3 is 14.8 Å². The lowest BCUT2D eigenvalue weighted by atomic mass is 10.2. The van der Waals surface area contributed by atoms with Gasteiger partial charge in [0, 0.05) is 18.3 Å². The van der Waals surface area contributed by atoms with Crippen LogP contribution in [0, 0.1) is 10.1 Å². The molecule has 0 aliphatic rings. The minimum Gasteiger partial charge on any atom is -0.449 e. The van der Waals surface area contributed by atoms with Crippen LogP contribution < -0.4 is 10.2 Å². The maximum absolute atomic E-state index is 11.8. The molecule has 0 saturated carbocycles. The Morgan fingerprint density at radius 1 is 1.44 bits per heavy atom. The minimum atomic E-state index is -1.63. The monoisotopic (exact) mass is 250 g/mol. The summed E-state index contributed by atoms with van der Waals surface area (Å²) < 4.78 is 4.26. The van der Waals surface area contributed by atoms with Gasteiger partial charge in [-0.05, 0) is 6.07 Å². The highest BCUT2D eigenvalue weighted by atomic mass is 16.7. The number of fused-ring (bicyclic) bond motifs is 1. The topological polar surface area (TPSA) is 123 Å². The summed E-state index contributed by atoms with van der Waals surface area (Å²) in [5, 5.41) is 19.0. The van der Waals surface area contributed by atoms with Crippen molar-refractivity contribution >= 4 is 22.7 Å². The van der Waals surface area contributed by atoms with E-state index in [1.165, 1.54) is 12.1 Å². The van der Waals surface area contributed by atoms with E-state index in [1.807, 2.05) is 0 Å². The van der Waals surface area contributed by atoms with Crippen molar-refractivity contribution < 1.29 is 19.6 Å². The average molecular weight is 250 g/mol. The quantitative estimate of drug-likeness (QED) is 0.473. The molecule has 0 saturated heterocycles. The number of nitro benzene ring substituents is 1. The maximum atomic E-state index is 11.8. The van der Waals surface area contributed by atoms with Crippen LogP contribution in [-0.4, -0.2) is 21.2 Å². The highest BCUT2D eigenvalue weighted by Gasteiger charge is 2.13. The predicted octanol–water partition coefficient (Wildman–Crippen LogP) is 1.49. The number of aromatic nitrogens is 1. The molecular formula is C10H6N2O6. The van der Waals surface area contributed by atoms with Gasteiger partial charge >= 0.3 is 6.16 Å². The Labute approximate surface area is 98.6 Å². The summed E-state index contributed by atoms with van der Waals surface area (Å²) >= 11 is 0. The Balaban J connectivity index is 2.67. The molecule has 2 aromatic rings. The number of carboxylic acid groups (broad SMARTS) is 1. The van der Waals surface area contributed by atoms with Gasteiger partial charge in [-0.1, -0.05) is 0 Å². The van der Waals surface area contributed by atoms with E-state index in [0.717, 1.165) is 12.3 Å². The van der Waals surface area contributed by atoms with Crippen LogP contribution >= 0.6 is 0 Å². The highest BCUT2D eigenvalue weighted by molar-refractivity contribution is 5.82. The largest absolute Gasteiger partial charge is 0.511 e. The second-order valence-electron chi connectivity index (χ2n) is 3.34. The molecule has 1 aromatic carbocycles. The molecule has 2 N–H and O–H groups in total. The van der Waals surface area contributed by atoms with E-state index in [2.05, 4.69) is 9.72 Å². The van der Waals surface area contributed by atoms with Crippen molar-refractivity contribution in [3.05, 3.63) is 44.7 Å². The Morgan fingerprint density at radius 3 is 2.78 bits per heavy atom. The van der Waals surface area contributed by atoms with Crippen LogP contribution in [0.5, 0.6) is 5.75 Å². The molecule has 0 atom stereocenters. The summed E-state index contributed by atoms with van der Waals surface area (Å²) in [5.41, 5.74) is -0.640. The fraction of sp³-hybridized carbons (Fsp3) is 0. The number of nitro groups is 1. The smallest absolute Gasteiger partial charge is 0.449 e. The average Bonchev–Trinajstić information content (AvgIpc) is 2.32. The van der Waals surface area contributed by atoms with E-state index in [9.17, 15) is 19.7 Å². The number of benzene rings is 1. The van der Waals surface area contributed by atoms with Crippen LogP contribution in [0.1, 0.15) is 0 Å². The Morgan fingerprint density at radius 2 is 2.17 bits per heavy atom. The second kappa shape index (κ2) is 4.17. The first-order valence-electron chi connectivity index (χ1n) is 4.69. The third-order valence-corrected chi connectivity index (χ3v) is 2.24. The molecule has 0 bridgehead atoms. The van der Waals surface area contributed by atoms with Crippen molar-refractivity contribution in [3.63, 3.8) is 0 Å². The van der Waals surface area contributed by atoms with Gasteiger partial charge in [0.15, 0.2) is 5.75 Å². The lowest BCUT2D eigenvalue weighted by Crippen LogP contribution is -2.13. The Bertz CT molecular complexity index is 705. The van der Waals surface area contributed by atoms with Crippen molar-refractivity contribution in [3.8, 4) is 5.75 Å². The van der Waals surface area contributed by atoms with E-state index < -0.39 is 22.3 Å². The van der Waals surface area contributed by atoms with Gasteiger partial charge in [0.25, 0.3) is 5.69 Å². The summed E-state index contributed by atoms with van der Waals surface area (Å²) in [6, 6.07) is 3.65. The van der Waals surface area contributed by atoms with Crippen LogP contribution in [0.2, 0.25) is 0 Å². The predicted molar refractivity (Wildman–Crippen MR) is 59.9 cm³/mol. The summed E-state index contributed by atoms with van der Waals surface area (Å²) in [6.45, 7) is 0. The molecule has 92 valence electrons. The van der Waals surface area contributed by atoms with E-state index in [0.29, 0.717) is 5.52 Å². The molecule has 0 aliphatic carbocycles. The third kappa shape index (κ3) is 1.98. The Hall–Kier alpha value is -2.90. The number of rotatable bonds is 2. The number of ether oxygens (including phenoxy) is 1. The third-order valence-electron chi connectivity index (χ3n) is 2.24. The number of carbonyl (C=O) groups is 1. The zero-order valence-electron chi connectivity index (χ0n) is 8.75. The van der Waals surface area contributed by atoms with E-state index in [-0.39, 0.29) is 11.1 Å². The van der Waals surface area contributed by atoms with Crippen molar-refractivity contribution in [2.75, 3.05) is 0 Å². The molecule has 8 heteroatoms. The molecule has 0 unspecified atom stereocenters. The maximum Gasteiger partial charge on any atom is 0.511 e. The van der Waals surface area contributed by atoms with Crippen LogP contribution in [0.15, 0.2) is 29.2 Å². The molecule has 18 heavy (non-hydrogen) atoms. The van der Waals surface area contributed by atoms with Crippen LogP contribution in [-0.2, 0) is 0 Å². The zero-order valence-corrected chi connectivity index (χ0v) is 8.75. The second-order valence-corrected chi connectivity index (χ2v) is 3.34. The van der Waals surface area contributed by atoms with Gasteiger partial charge in [0.1, 0.15) is 0 Å². The molecule has 0 spiro atoms. The number of non-ortho nitro benzene ring substituents is 1. The van der Waals surface area contributed by atoms with Crippen molar-refractivity contribution in [2.45, 2.75) is 0 Å². The first-order chi connectivity index (χ1) is 8.49. The van der Waals surface area contributed by atoms with Gasteiger partial charge in [-0.3, -0.25) is 14.9 Å². The molecule has 0 aliphatic heterocycles. The van der Waals surface area contributed by atoms with Gasteiger partial charge in [-0.25, -0.2) is 4.79 Å². The highest BCUT2D eigenvalue weighted by Crippen LogP contribution is 2.18. The molecule has 8 nitrogen and oxygen atoms in total. The molecule has 0 radical (unpaired) electrons. The summed E-state index contributed by atoms with van der Waals surface area (Å²) in [7, 11) is 0. The van der Waals surface area contributed by atoms with Crippen molar-refractivity contribution in [1.29, 1.82) is 0 Å². The van der Waals surface area contributed by atoms with Gasteiger partial charge in [0.05, 0.1) is 15.8 Å². The Kier molecular flexibility index (Phi) is 2.68. The summed E-state index contributed by atoms with van der Waals surface area (Å²) in [4.78, 5) is 34.7. The van der Waals surface area contributed by atoms with E-state index >= 15 is 0 Å². The number of nitrogens with one attached hydrogen (secondary N) is 1. The molecule has 2 rings (SSSR count). The first kappa shape index (κ1) is 11.6. The van der Waals surface area contributed by atoms with Crippen LogP contribution in [0.25, 0.3) is 10.9 Å². The molecule has 0 fully saturated rings. The molecule has 1 aromatic heterocycles. The zero-order chi connectivity index (χ0) is 13.3. The summed E-state index contributed by atoms with van der Waals surface area (Å²) in [5.74, 6) is -0.435. The minimum absolute atomic E-state index is 0.0112.